The molecule has 4 N–H and O–H groups in total. The van der Waals surface area contributed by atoms with Crippen molar-refractivity contribution in [2.45, 2.75) is 56.3 Å². The Morgan fingerprint density at radius 1 is 1.00 bits per heavy atom. The van der Waals surface area contributed by atoms with E-state index in [1.54, 1.807) is 17.6 Å². The van der Waals surface area contributed by atoms with E-state index in [-0.39, 0.29) is 0 Å². The minimum atomic E-state index is -5.08. The molecule has 196 valence electrons. The second-order valence-corrected chi connectivity index (χ2v) is 9.19. The number of aryl methyl sites for hydroxylation is 1. The normalized spacial score (nSPS) is 20.2. The van der Waals surface area contributed by atoms with Gasteiger partial charge in [0.25, 0.3) is 5.91 Å². The van der Waals surface area contributed by atoms with Crippen LogP contribution in [0.25, 0.3) is 0 Å². The van der Waals surface area contributed by atoms with Crippen molar-refractivity contribution in [3.63, 3.8) is 0 Å². The number of carboxylic acid groups (broad SMARTS) is 1. The number of rotatable bonds is 8. The minimum Gasteiger partial charge on any atom is -0.475 e. The molecule has 10 heteroatoms. The van der Waals surface area contributed by atoms with E-state index in [9.17, 15) is 18.0 Å². The third kappa shape index (κ3) is 8.61. The smallest absolute Gasteiger partial charge is 0.475 e. The van der Waals surface area contributed by atoms with E-state index in [4.69, 9.17) is 15.1 Å². The molecule has 2 aliphatic rings. The third-order valence-corrected chi connectivity index (χ3v) is 6.56. The second kappa shape index (κ2) is 12.8. The van der Waals surface area contributed by atoms with Crippen molar-refractivity contribution in [2.24, 2.45) is 0 Å². The van der Waals surface area contributed by atoms with Gasteiger partial charge in [-0.05, 0) is 75.0 Å². The summed E-state index contributed by atoms with van der Waals surface area (Å²) in [7, 11) is 0. The monoisotopic (exact) mass is 507 g/mol. The number of aliphatic carboxylic acids is 1. The number of hydroxylamine groups is 1. The van der Waals surface area contributed by atoms with Crippen LogP contribution >= 0.6 is 0 Å². The highest BCUT2D eigenvalue weighted by Crippen LogP contribution is 2.41. The van der Waals surface area contributed by atoms with Crippen molar-refractivity contribution < 1.29 is 33.1 Å². The summed E-state index contributed by atoms with van der Waals surface area (Å²) < 4.78 is 31.7. The topological polar surface area (TPSA) is 102 Å². The molecule has 0 radical (unpaired) electrons. The molecule has 2 atom stereocenters. The summed E-state index contributed by atoms with van der Waals surface area (Å²) in [4.78, 5) is 22.8. The highest BCUT2D eigenvalue weighted by Gasteiger charge is 2.39. The molecular weight excluding hydrogens is 475 g/mol. The van der Waals surface area contributed by atoms with E-state index in [1.807, 2.05) is 12.1 Å². The first kappa shape index (κ1) is 27.6. The fourth-order valence-corrected chi connectivity index (χ4v) is 4.47. The first-order valence-electron chi connectivity index (χ1n) is 12.0. The summed E-state index contributed by atoms with van der Waals surface area (Å²) in [6, 6.07) is 19.7. The van der Waals surface area contributed by atoms with Gasteiger partial charge in [0.1, 0.15) is 0 Å². The van der Waals surface area contributed by atoms with Crippen LogP contribution in [0.5, 0.6) is 0 Å². The lowest BCUT2D eigenvalue weighted by atomic mass is 10.0. The zero-order valence-corrected chi connectivity index (χ0v) is 19.9. The quantitative estimate of drug-likeness (QED) is 0.319. The number of nitrogens with one attached hydrogen (secondary N) is 2. The minimum absolute atomic E-state index is 0.464. The van der Waals surface area contributed by atoms with Crippen molar-refractivity contribution >= 4 is 11.9 Å². The van der Waals surface area contributed by atoms with Gasteiger partial charge in [0.05, 0.1) is 0 Å². The number of nitrogens with zero attached hydrogens (tertiary/aromatic N) is 1. The largest absolute Gasteiger partial charge is 0.490 e. The molecule has 1 saturated heterocycles. The van der Waals surface area contributed by atoms with Gasteiger partial charge >= 0.3 is 12.1 Å². The van der Waals surface area contributed by atoms with Crippen LogP contribution in [-0.4, -0.2) is 65.0 Å². The molecule has 2 unspecified atom stereocenters. The number of hydrogen-bond acceptors (Lipinski definition) is 5. The molecule has 1 saturated carbocycles. The van der Waals surface area contributed by atoms with Crippen LogP contribution < -0.4 is 10.8 Å². The molecule has 36 heavy (non-hydrogen) atoms. The van der Waals surface area contributed by atoms with Crippen LogP contribution in [-0.2, 0) is 11.2 Å². The van der Waals surface area contributed by atoms with E-state index >= 15 is 0 Å². The molecule has 2 aromatic carbocycles. The highest BCUT2D eigenvalue weighted by molar-refractivity contribution is 5.93. The molecule has 2 aromatic rings. The van der Waals surface area contributed by atoms with E-state index in [0.29, 0.717) is 23.6 Å². The molecule has 0 aromatic heterocycles. The maximum absolute atomic E-state index is 11.4. The maximum atomic E-state index is 11.4. The Labute approximate surface area is 208 Å². The lowest BCUT2D eigenvalue weighted by Gasteiger charge is -2.32. The van der Waals surface area contributed by atoms with Gasteiger partial charge < -0.3 is 15.3 Å². The Hall–Kier alpha value is -2.95. The number of alkyl halides is 3. The average Bonchev–Trinajstić information content (AvgIpc) is 3.64. The Bertz CT molecular complexity index is 978. The van der Waals surface area contributed by atoms with Gasteiger partial charge in [-0.2, -0.15) is 13.2 Å². The SMILES string of the molecule is O=C(NO)c1ccc(CCCN2CCC(NC3CC3c3ccccc3)CC2)cc1.O=C(O)C(F)(F)F. The second-order valence-electron chi connectivity index (χ2n) is 9.19. The predicted octanol–water partition coefficient (Wildman–Crippen LogP) is 3.98. The number of carbonyl (C=O) groups excluding carboxylic acids is 1. The first-order valence-corrected chi connectivity index (χ1v) is 12.0. The lowest BCUT2D eigenvalue weighted by molar-refractivity contribution is -0.192. The van der Waals surface area contributed by atoms with Gasteiger partial charge in [-0.15, -0.1) is 0 Å². The fourth-order valence-electron chi connectivity index (χ4n) is 4.47. The summed E-state index contributed by atoms with van der Waals surface area (Å²) in [5, 5.41) is 19.7. The van der Waals surface area contributed by atoms with Crippen LogP contribution in [0.3, 0.4) is 0 Å². The Morgan fingerprint density at radius 2 is 1.61 bits per heavy atom. The van der Waals surface area contributed by atoms with Gasteiger partial charge in [-0.25, -0.2) is 10.3 Å². The molecule has 2 fully saturated rings. The summed E-state index contributed by atoms with van der Waals surface area (Å²) in [6.45, 7) is 3.48. The standard InChI is InChI=1S/C24H31N3O2.C2HF3O2/c28-24(26-29)20-10-8-18(9-11-20)5-4-14-27-15-12-21(13-16-27)25-23-17-22(23)19-6-2-1-3-7-19;3-2(4,5)1(6)7/h1-3,6-11,21-23,25,29H,4-5,12-17H2,(H,26,28);(H,6,7). The fraction of sp³-hybridized carbons (Fsp3) is 0.462. The van der Waals surface area contributed by atoms with Crippen molar-refractivity contribution in [3.05, 3.63) is 71.3 Å². The van der Waals surface area contributed by atoms with Gasteiger partial charge in [-0.3, -0.25) is 10.0 Å². The van der Waals surface area contributed by atoms with Gasteiger partial charge in [0.15, 0.2) is 0 Å². The number of likely N-dealkylation sites (tertiary alicyclic amines) is 1. The summed E-state index contributed by atoms with van der Waals surface area (Å²) in [5.74, 6) is -2.51. The van der Waals surface area contributed by atoms with Crippen molar-refractivity contribution in [2.75, 3.05) is 19.6 Å². The molecule has 1 heterocycles. The summed E-state index contributed by atoms with van der Waals surface area (Å²) in [5.41, 5.74) is 4.86. The van der Waals surface area contributed by atoms with Crippen LogP contribution in [0.2, 0.25) is 0 Å². The van der Waals surface area contributed by atoms with Crippen molar-refractivity contribution in [1.82, 2.24) is 15.7 Å². The Balaban J connectivity index is 0.000000454. The van der Waals surface area contributed by atoms with Gasteiger partial charge in [0.2, 0.25) is 0 Å². The molecule has 0 spiro atoms. The van der Waals surface area contributed by atoms with Crippen LogP contribution in [0.4, 0.5) is 13.2 Å². The van der Waals surface area contributed by atoms with Crippen LogP contribution in [0.1, 0.15) is 53.1 Å². The Kier molecular flexibility index (Phi) is 9.86. The highest BCUT2D eigenvalue weighted by atomic mass is 19.4. The third-order valence-electron chi connectivity index (χ3n) is 6.56. The van der Waals surface area contributed by atoms with Crippen molar-refractivity contribution in [1.29, 1.82) is 0 Å². The Morgan fingerprint density at radius 3 is 2.17 bits per heavy atom. The van der Waals surface area contributed by atoms with Crippen molar-refractivity contribution in [3.8, 4) is 0 Å². The number of benzene rings is 2. The average molecular weight is 508 g/mol. The number of carbonyl (C=O) groups is 2. The van der Waals surface area contributed by atoms with E-state index in [0.717, 1.165) is 19.4 Å². The number of carboxylic acids is 1. The zero-order chi connectivity index (χ0) is 26.1. The molecule has 1 aliphatic carbocycles. The molecule has 1 aliphatic heterocycles. The predicted molar refractivity (Wildman–Crippen MR) is 128 cm³/mol. The number of amides is 1. The zero-order valence-electron chi connectivity index (χ0n) is 19.9. The molecular formula is C26H32F3N3O4. The van der Waals surface area contributed by atoms with Gasteiger partial charge in [0, 0.05) is 23.6 Å². The number of piperidine rings is 1. The lowest BCUT2D eigenvalue weighted by Crippen LogP contribution is -2.43. The van der Waals surface area contributed by atoms with Crippen LogP contribution in [0, 0.1) is 0 Å². The molecule has 1 amide bonds. The number of hydrogen-bond donors (Lipinski definition) is 4. The van der Waals surface area contributed by atoms with Gasteiger partial charge in [-0.1, -0.05) is 42.5 Å². The first-order chi connectivity index (χ1) is 17.2. The molecule has 7 nitrogen and oxygen atoms in total. The van der Waals surface area contributed by atoms with E-state index in [1.165, 1.54) is 43.5 Å². The van der Waals surface area contributed by atoms with E-state index < -0.39 is 18.1 Å². The summed E-state index contributed by atoms with van der Waals surface area (Å²) in [6.07, 6.45) is 0.817. The summed E-state index contributed by atoms with van der Waals surface area (Å²) >= 11 is 0. The molecule has 0 bridgehead atoms. The molecule has 4 rings (SSSR count). The maximum Gasteiger partial charge on any atom is 0.490 e. The van der Waals surface area contributed by atoms with Crippen LogP contribution in [0.15, 0.2) is 54.6 Å². The number of halogens is 3. The van der Waals surface area contributed by atoms with E-state index in [2.05, 4.69) is 40.5 Å².